The Kier molecular flexibility index (Phi) is 9.02. The molecule has 7 rings (SSSR count). The second-order valence-electron chi connectivity index (χ2n) is 12.4. The maximum atomic E-state index is 13.2. The van der Waals surface area contributed by atoms with Gasteiger partial charge in [-0.05, 0) is 89.5 Å². The van der Waals surface area contributed by atoms with Crippen LogP contribution in [-0.4, -0.2) is 61.3 Å². The predicted molar refractivity (Wildman–Crippen MR) is 190 cm³/mol. The zero-order chi connectivity index (χ0) is 33.3. The molecule has 1 spiro atoms. The Balaban J connectivity index is 1.04. The van der Waals surface area contributed by atoms with Gasteiger partial charge in [-0.15, -0.1) is 16.9 Å². The Bertz CT molecular complexity index is 1990. The lowest BCUT2D eigenvalue weighted by molar-refractivity contribution is -0.119. The smallest absolute Gasteiger partial charge is 0.255 e. The van der Waals surface area contributed by atoms with Crippen LogP contribution in [0.25, 0.3) is 27.9 Å². The van der Waals surface area contributed by atoms with Crippen molar-refractivity contribution in [2.24, 2.45) is 0 Å². The fourth-order valence-electron chi connectivity index (χ4n) is 6.48. The largest absolute Gasteiger partial charge is 0.395 e. The summed E-state index contributed by atoms with van der Waals surface area (Å²) >= 11 is 1.83. The Hall–Kier alpha value is -4.55. The second-order valence-corrected chi connectivity index (χ2v) is 14.0. The molecule has 0 radical (unpaired) electrons. The second kappa shape index (κ2) is 13.5. The summed E-state index contributed by atoms with van der Waals surface area (Å²) in [6.45, 7) is 6.79. The van der Waals surface area contributed by atoms with Crippen LogP contribution in [0.4, 0.5) is 5.69 Å². The van der Waals surface area contributed by atoms with E-state index in [-0.39, 0.29) is 23.3 Å². The minimum Gasteiger partial charge on any atom is -0.395 e. The van der Waals surface area contributed by atoms with E-state index in [4.69, 9.17) is 10.1 Å². The van der Waals surface area contributed by atoms with E-state index in [1.807, 2.05) is 65.8 Å². The molecule has 5 N–H and O–H groups in total. The van der Waals surface area contributed by atoms with Crippen LogP contribution in [0, 0.1) is 13.8 Å². The predicted octanol–water partition coefficient (Wildman–Crippen LogP) is 4.83. The highest BCUT2D eigenvalue weighted by molar-refractivity contribution is 8.08. The van der Waals surface area contributed by atoms with Crippen LogP contribution in [0.5, 0.6) is 0 Å². The number of aromatic nitrogens is 3. The average molecular weight is 662 g/mol. The Morgan fingerprint density at radius 2 is 1.77 bits per heavy atom. The van der Waals surface area contributed by atoms with E-state index in [1.54, 1.807) is 0 Å². The number of nitrogens with one attached hydrogen (secondary N) is 4. The van der Waals surface area contributed by atoms with Crippen molar-refractivity contribution in [2.45, 2.75) is 49.9 Å². The summed E-state index contributed by atoms with van der Waals surface area (Å²) in [5.41, 5.74) is 9.63. The van der Waals surface area contributed by atoms with Crippen molar-refractivity contribution < 1.29 is 14.7 Å². The lowest BCUT2D eigenvalue weighted by Gasteiger charge is -2.17. The number of aliphatic hydroxyl groups excluding tert-OH is 1. The number of carbonyl (C=O) groups is 2. The molecule has 2 fully saturated rings. The van der Waals surface area contributed by atoms with Gasteiger partial charge in [0, 0.05) is 43.5 Å². The first-order chi connectivity index (χ1) is 23.3. The van der Waals surface area contributed by atoms with E-state index in [9.17, 15) is 9.59 Å². The van der Waals surface area contributed by atoms with E-state index in [1.165, 1.54) is 0 Å². The highest BCUT2D eigenvalue weighted by atomic mass is 32.2. The van der Waals surface area contributed by atoms with Crippen LogP contribution in [0.15, 0.2) is 79.0 Å². The number of nitrogens with zero attached hydrogens (tertiary/aromatic N) is 3. The van der Waals surface area contributed by atoms with Gasteiger partial charge in [-0.25, -0.2) is 9.50 Å². The highest BCUT2D eigenvalue weighted by Crippen LogP contribution is 2.56. The van der Waals surface area contributed by atoms with E-state index in [0.29, 0.717) is 36.9 Å². The number of hydrogen-bond acceptors (Lipinski definition) is 8. The monoisotopic (exact) mass is 661 g/mol. The summed E-state index contributed by atoms with van der Waals surface area (Å²) in [7, 11) is 0. The van der Waals surface area contributed by atoms with Gasteiger partial charge in [0.2, 0.25) is 5.91 Å². The van der Waals surface area contributed by atoms with Gasteiger partial charge in [-0.2, -0.15) is 0 Å². The maximum Gasteiger partial charge on any atom is 0.255 e. The molecule has 2 aliphatic heterocycles. The highest BCUT2D eigenvalue weighted by Gasteiger charge is 2.58. The number of benzene rings is 3. The fourth-order valence-corrected chi connectivity index (χ4v) is 7.78. The molecule has 2 saturated heterocycles. The van der Waals surface area contributed by atoms with E-state index in [2.05, 4.69) is 69.7 Å². The molecule has 0 aliphatic carbocycles. The number of aliphatic hydroxyl groups is 1. The summed E-state index contributed by atoms with van der Waals surface area (Å²) in [5.74, 6) is 0.719. The lowest BCUT2D eigenvalue weighted by atomic mass is 9.90. The lowest BCUT2D eigenvalue weighted by Crippen LogP contribution is -2.34. The van der Waals surface area contributed by atoms with Crippen molar-refractivity contribution >= 4 is 34.9 Å². The molecule has 2 aliphatic rings. The van der Waals surface area contributed by atoms with Crippen molar-refractivity contribution in [1.29, 1.82) is 0 Å². The molecule has 4 heterocycles. The number of fused-ring (bicyclic) bond motifs is 1. The first kappa shape index (κ1) is 32.0. The molecular formula is C37H39N7O3S. The topological polar surface area (TPSA) is 133 Å². The third-order valence-electron chi connectivity index (χ3n) is 9.23. The molecule has 0 bridgehead atoms. The van der Waals surface area contributed by atoms with Crippen LogP contribution in [0.3, 0.4) is 0 Å². The van der Waals surface area contributed by atoms with E-state index < -0.39 is 0 Å². The first-order valence-corrected chi connectivity index (χ1v) is 17.2. The van der Waals surface area contributed by atoms with Gasteiger partial charge in [-0.1, -0.05) is 42.5 Å². The summed E-state index contributed by atoms with van der Waals surface area (Å²) in [5, 5.41) is 26.9. The van der Waals surface area contributed by atoms with Crippen molar-refractivity contribution in [3.63, 3.8) is 0 Å². The Labute approximate surface area is 283 Å². The standard InChI is InChI=1S/C37H39N7O3S/c1-23-28(27-14-17-44-34(19-27)41-33(43-44)22-39-21-32-37(48-32)15-13-35(46)42-37)5-3-6-29(23)30-7-4-8-31(24(30)2)40-36(47)26-11-9-25(10-12-26)20-38-16-18-45/h3-12,14,17,19,32,38-39,45H,13,15-16,18,20-22H2,1-2H3,(H,40,47)(H,42,46)/t32-,37?/m1/s1. The van der Waals surface area contributed by atoms with E-state index in [0.717, 1.165) is 69.1 Å². The SMILES string of the molecule is Cc1c(NC(=O)c2ccc(CNCCO)cc2)cccc1-c1cccc(-c2ccn3nc(CNC[C@H]4SC45CCC(=O)N5)nc3c2)c1C. The van der Waals surface area contributed by atoms with Gasteiger partial charge in [0.15, 0.2) is 11.5 Å². The molecule has 10 nitrogen and oxygen atoms in total. The normalized spacial score (nSPS) is 18.4. The number of amides is 2. The molecule has 5 aromatic rings. The summed E-state index contributed by atoms with van der Waals surface area (Å²) in [4.78, 5) is 29.5. The Morgan fingerprint density at radius 3 is 2.54 bits per heavy atom. The quantitative estimate of drug-likeness (QED) is 0.0950. The minimum atomic E-state index is -0.163. The zero-order valence-electron chi connectivity index (χ0n) is 27.0. The average Bonchev–Trinajstić information content (AvgIpc) is 3.37. The van der Waals surface area contributed by atoms with Crippen LogP contribution in [0.1, 0.15) is 45.7 Å². The van der Waals surface area contributed by atoms with Crippen molar-refractivity contribution in [3.8, 4) is 22.3 Å². The molecule has 246 valence electrons. The van der Waals surface area contributed by atoms with Crippen LogP contribution < -0.4 is 21.3 Å². The van der Waals surface area contributed by atoms with Gasteiger partial charge in [0.25, 0.3) is 5.91 Å². The summed E-state index contributed by atoms with van der Waals surface area (Å²) in [6, 6.07) is 23.9. The molecular weight excluding hydrogens is 623 g/mol. The maximum absolute atomic E-state index is 13.2. The first-order valence-electron chi connectivity index (χ1n) is 16.3. The number of rotatable bonds is 12. The number of pyridine rings is 1. The number of hydrogen-bond donors (Lipinski definition) is 5. The van der Waals surface area contributed by atoms with E-state index >= 15 is 0 Å². The zero-order valence-corrected chi connectivity index (χ0v) is 27.9. The fraction of sp³-hybridized carbons (Fsp3) is 0.297. The third-order valence-corrected chi connectivity index (χ3v) is 10.8. The van der Waals surface area contributed by atoms with Crippen molar-refractivity contribution in [2.75, 3.05) is 25.0 Å². The van der Waals surface area contributed by atoms with Gasteiger partial charge < -0.3 is 26.4 Å². The molecule has 3 aromatic carbocycles. The van der Waals surface area contributed by atoms with Crippen LogP contribution >= 0.6 is 11.8 Å². The van der Waals surface area contributed by atoms with Crippen molar-refractivity contribution in [1.82, 2.24) is 30.5 Å². The molecule has 2 amide bonds. The van der Waals surface area contributed by atoms with Gasteiger partial charge >= 0.3 is 0 Å². The molecule has 48 heavy (non-hydrogen) atoms. The molecule has 1 unspecified atom stereocenters. The minimum absolute atomic E-state index is 0.0572. The third kappa shape index (κ3) is 6.59. The molecule has 11 heteroatoms. The van der Waals surface area contributed by atoms with Gasteiger partial charge in [-0.3, -0.25) is 9.59 Å². The summed E-state index contributed by atoms with van der Waals surface area (Å²) in [6.07, 6.45) is 3.48. The van der Waals surface area contributed by atoms with Crippen LogP contribution in [-0.2, 0) is 17.9 Å². The number of carbonyl (C=O) groups excluding carboxylic acids is 2. The number of thioether (sulfide) groups is 1. The van der Waals surface area contributed by atoms with Gasteiger partial charge in [0.1, 0.15) is 0 Å². The molecule has 2 atom stereocenters. The molecule has 2 aromatic heterocycles. The molecule has 0 saturated carbocycles. The Morgan fingerprint density at radius 1 is 1.00 bits per heavy atom. The summed E-state index contributed by atoms with van der Waals surface area (Å²) < 4.78 is 1.81. The van der Waals surface area contributed by atoms with Crippen LogP contribution in [0.2, 0.25) is 0 Å². The number of anilines is 1. The van der Waals surface area contributed by atoms with Crippen molar-refractivity contribution in [3.05, 3.63) is 107 Å². The van der Waals surface area contributed by atoms with Gasteiger partial charge in [0.05, 0.1) is 23.3 Å².